The van der Waals surface area contributed by atoms with E-state index in [4.69, 9.17) is 8.83 Å². The minimum absolute atomic E-state index is 0.152. The second kappa shape index (κ2) is 8.09. The van der Waals surface area contributed by atoms with Crippen molar-refractivity contribution in [2.24, 2.45) is 0 Å². The normalized spacial score (nSPS) is 11.8. The second-order valence-electron chi connectivity index (χ2n) is 5.77. The van der Waals surface area contributed by atoms with Crippen LogP contribution in [0.2, 0.25) is 0 Å². The summed E-state index contributed by atoms with van der Waals surface area (Å²) in [5.74, 6) is 0.682. The first kappa shape index (κ1) is 18.7. The molecule has 2 N–H and O–H groups in total. The van der Waals surface area contributed by atoms with E-state index < -0.39 is 5.25 Å². The molecular weight excluding hydrogens is 368 g/mol. The van der Waals surface area contributed by atoms with Crippen molar-refractivity contribution in [1.82, 2.24) is 10.2 Å². The Labute approximate surface area is 159 Å². The molecule has 0 saturated heterocycles. The maximum atomic E-state index is 12.4. The van der Waals surface area contributed by atoms with Crippen LogP contribution in [0.15, 0.2) is 50.7 Å². The summed E-state index contributed by atoms with van der Waals surface area (Å²) in [6.45, 7) is 4.99. The predicted molar refractivity (Wildman–Crippen MR) is 101 cm³/mol. The van der Waals surface area contributed by atoms with Crippen LogP contribution < -0.4 is 10.6 Å². The van der Waals surface area contributed by atoms with Gasteiger partial charge >= 0.3 is 0 Å². The Balaban J connectivity index is 1.58. The fourth-order valence-electron chi connectivity index (χ4n) is 2.26. The third kappa shape index (κ3) is 4.76. The number of benzene rings is 1. The summed E-state index contributed by atoms with van der Waals surface area (Å²) in [6.07, 6.45) is 1.55. The molecule has 2 heterocycles. The molecule has 3 aromatic rings. The summed E-state index contributed by atoms with van der Waals surface area (Å²) in [5.41, 5.74) is 2.02. The van der Waals surface area contributed by atoms with Crippen molar-refractivity contribution in [3.8, 4) is 11.5 Å². The third-order valence-electron chi connectivity index (χ3n) is 3.62. The molecule has 0 aliphatic heterocycles. The van der Waals surface area contributed by atoms with Gasteiger partial charge in [-0.05, 0) is 44.2 Å². The van der Waals surface area contributed by atoms with Gasteiger partial charge in [-0.3, -0.25) is 9.59 Å². The zero-order valence-electron chi connectivity index (χ0n) is 15.0. The number of furan rings is 1. The van der Waals surface area contributed by atoms with Gasteiger partial charge in [-0.2, -0.15) is 0 Å². The molecule has 0 fully saturated rings. The third-order valence-corrected chi connectivity index (χ3v) is 4.55. The number of aromatic nitrogens is 2. The van der Waals surface area contributed by atoms with Gasteiger partial charge in [-0.25, -0.2) is 0 Å². The van der Waals surface area contributed by atoms with E-state index in [9.17, 15) is 9.59 Å². The molecule has 0 aliphatic rings. The molecule has 0 radical (unpaired) electrons. The molecule has 0 bridgehead atoms. The molecule has 2 amide bonds. The van der Waals surface area contributed by atoms with Crippen molar-refractivity contribution in [3.05, 3.63) is 42.4 Å². The number of nitrogens with one attached hydrogen (secondary N) is 2. The average Bonchev–Trinajstić information content (AvgIpc) is 3.24. The van der Waals surface area contributed by atoms with Crippen molar-refractivity contribution in [2.45, 2.75) is 31.2 Å². The molecule has 9 heteroatoms. The van der Waals surface area contributed by atoms with Crippen LogP contribution in [0.4, 0.5) is 11.4 Å². The van der Waals surface area contributed by atoms with Gasteiger partial charge in [0.2, 0.25) is 11.8 Å². The highest BCUT2D eigenvalue weighted by Crippen LogP contribution is 2.28. The summed E-state index contributed by atoms with van der Waals surface area (Å²) in [6, 6.07) is 8.61. The monoisotopic (exact) mass is 386 g/mol. The van der Waals surface area contributed by atoms with Crippen LogP contribution in [0, 0.1) is 6.92 Å². The predicted octanol–water partition coefficient (Wildman–Crippen LogP) is 3.72. The molecule has 140 valence electrons. The minimum Gasteiger partial charge on any atom is -0.469 e. The molecule has 3 rings (SSSR count). The Bertz CT molecular complexity index is 948. The Morgan fingerprint density at radius 2 is 1.74 bits per heavy atom. The number of nitrogens with zero attached hydrogens (tertiary/aromatic N) is 2. The fraction of sp³-hybridized carbons (Fsp3) is 0.222. The molecule has 27 heavy (non-hydrogen) atoms. The van der Waals surface area contributed by atoms with Gasteiger partial charge in [-0.15, -0.1) is 10.2 Å². The van der Waals surface area contributed by atoms with Crippen LogP contribution in [0.1, 0.15) is 19.6 Å². The number of rotatable bonds is 6. The van der Waals surface area contributed by atoms with E-state index in [2.05, 4.69) is 20.8 Å². The molecule has 2 aromatic heterocycles. The molecular formula is C18H18N4O4S. The van der Waals surface area contributed by atoms with Gasteiger partial charge in [0.15, 0.2) is 0 Å². The van der Waals surface area contributed by atoms with E-state index in [1.54, 1.807) is 50.4 Å². The number of anilines is 2. The van der Waals surface area contributed by atoms with Crippen molar-refractivity contribution in [2.75, 3.05) is 10.6 Å². The van der Waals surface area contributed by atoms with Crippen LogP contribution in [-0.2, 0) is 9.59 Å². The molecule has 1 atom stereocenters. The van der Waals surface area contributed by atoms with Crippen LogP contribution in [0.25, 0.3) is 11.5 Å². The molecule has 1 aromatic carbocycles. The number of aryl methyl sites for hydroxylation is 1. The molecule has 0 saturated carbocycles. The van der Waals surface area contributed by atoms with Crippen LogP contribution in [-0.4, -0.2) is 27.3 Å². The number of hydrogen-bond donors (Lipinski definition) is 2. The Morgan fingerprint density at radius 1 is 1.07 bits per heavy atom. The first-order valence-corrected chi connectivity index (χ1v) is 9.03. The fourth-order valence-corrected chi connectivity index (χ4v) is 2.95. The average molecular weight is 386 g/mol. The topological polar surface area (TPSA) is 110 Å². The largest absolute Gasteiger partial charge is 0.469 e. The molecule has 0 unspecified atom stereocenters. The molecule has 8 nitrogen and oxygen atoms in total. The zero-order chi connectivity index (χ0) is 19.4. The summed E-state index contributed by atoms with van der Waals surface area (Å²) in [4.78, 5) is 23.4. The first-order chi connectivity index (χ1) is 12.9. The lowest BCUT2D eigenvalue weighted by Gasteiger charge is -2.10. The number of hydrogen-bond acceptors (Lipinski definition) is 7. The highest BCUT2D eigenvalue weighted by molar-refractivity contribution is 8.00. The zero-order valence-corrected chi connectivity index (χ0v) is 15.8. The number of amides is 2. The summed E-state index contributed by atoms with van der Waals surface area (Å²) in [7, 11) is 0. The van der Waals surface area contributed by atoms with E-state index in [0.29, 0.717) is 28.2 Å². The highest BCUT2D eigenvalue weighted by atomic mass is 32.2. The first-order valence-electron chi connectivity index (χ1n) is 8.15. The Morgan fingerprint density at radius 3 is 2.33 bits per heavy atom. The van der Waals surface area contributed by atoms with Crippen molar-refractivity contribution in [3.63, 3.8) is 0 Å². The lowest BCUT2D eigenvalue weighted by atomic mass is 10.2. The Hall–Kier alpha value is -3.07. The van der Waals surface area contributed by atoms with Crippen molar-refractivity contribution >= 4 is 35.0 Å². The Kier molecular flexibility index (Phi) is 5.60. The summed E-state index contributed by atoms with van der Waals surface area (Å²) < 4.78 is 10.8. The minimum atomic E-state index is -0.446. The van der Waals surface area contributed by atoms with E-state index in [-0.39, 0.29) is 11.8 Å². The SMILES string of the molecule is CC(=O)Nc1ccc(NC(=O)[C@H](C)Sc2nnc(-c3ccoc3C)o2)cc1. The van der Waals surface area contributed by atoms with Crippen LogP contribution >= 0.6 is 11.8 Å². The van der Waals surface area contributed by atoms with Gasteiger partial charge in [0.1, 0.15) is 5.76 Å². The number of thioether (sulfide) groups is 1. The molecule has 0 aliphatic carbocycles. The van der Waals surface area contributed by atoms with E-state index in [0.717, 1.165) is 5.56 Å². The van der Waals surface area contributed by atoms with Crippen LogP contribution in [0.3, 0.4) is 0 Å². The van der Waals surface area contributed by atoms with Gasteiger partial charge in [0.25, 0.3) is 11.1 Å². The maximum absolute atomic E-state index is 12.4. The second-order valence-corrected chi connectivity index (χ2v) is 7.06. The summed E-state index contributed by atoms with van der Waals surface area (Å²) in [5, 5.41) is 13.3. The summed E-state index contributed by atoms with van der Waals surface area (Å²) >= 11 is 1.17. The quantitative estimate of drug-likeness (QED) is 0.621. The van der Waals surface area contributed by atoms with Crippen LogP contribution in [0.5, 0.6) is 0 Å². The highest BCUT2D eigenvalue weighted by Gasteiger charge is 2.20. The lowest BCUT2D eigenvalue weighted by molar-refractivity contribution is -0.115. The van der Waals surface area contributed by atoms with Gasteiger partial charge < -0.3 is 19.5 Å². The van der Waals surface area contributed by atoms with E-state index >= 15 is 0 Å². The van der Waals surface area contributed by atoms with Gasteiger partial charge in [-0.1, -0.05) is 11.8 Å². The lowest BCUT2D eigenvalue weighted by Crippen LogP contribution is -2.22. The molecule has 0 spiro atoms. The number of carbonyl (C=O) groups is 2. The van der Waals surface area contributed by atoms with Gasteiger partial charge in [0.05, 0.1) is 17.1 Å². The van der Waals surface area contributed by atoms with Crippen molar-refractivity contribution < 1.29 is 18.4 Å². The van der Waals surface area contributed by atoms with E-state index in [1.807, 2.05) is 0 Å². The van der Waals surface area contributed by atoms with Crippen molar-refractivity contribution in [1.29, 1.82) is 0 Å². The number of carbonyl (C=O) groups excluding carboxylic acids is 2. The smallest absolute Gasteiger partial charge is 0.277 e. The standard InChI is InChI=1S/C18H18N4O4S/c1-10-15(8-9-25-10)17-21-22-18(26-17)27-11(2)16(24)20-14-6-4-13(5-7-14)19-12(3)23/h4-9,11H,1-3H3,(H,19,23)(H,20,24)/t11-/m0/s1. The maximum Gasteiger partial charge on any atom is 0.277 e. The van der Waals surface area contributed by atoms with E-state index in [1.165, 1.54) is 18.7 Å². The van der Waals surface area contributed by atoms with Gasteiger partial charge in [0, 0.05) is 18.3 Å².